The topological polar surface area (TPSA) is 63.7 Å². The fourth-order valence-corrected chi connectivity index (χ4v) is 5.06. The second-order valence-electron chi connectivity index (χ2n) is 7.31. The molecule has 1 aliphatic heterocycles. The fraction of sp³-hybridized carbons (Fsp3) is 0.381. The summed E-state index contributed by atoms with van der Waals surface area (Å²) in [5.41, 5.74) is 1.06. The Balaban J connectivity index is 1.86. The normalized spacial score (nSPS) is 18.2. The molecule has 7 heteroatoms. The molecule has 1 heterocycles. The number of sulfone groups is 1. The van der Waals surface area contributed by atoms with Gasteiger partial charge < -0.3 is 9.64 Å². The number of halogens is 1. The van der Waals surface area contributed by atoms with Crippen LogP contribution in [0.2, 0.25) is 0 Å². The molecule has 5 nitrogen and oxygen atoms in total. The van der Waals surface area contributed by atoms with E-state index in [1.54, 1.807) is 36.4 Å². The van der Waals surface area contributed by atoms with Gasteiger partial charge >= 0.3 is 0 Å². The van der Waals surface area contributed by atoms with Crippen LogP contribution in [0.3, 0.4) is 0 Å². The molecule has 0 spiro atoms. The van der Waals surface area contributed by atoms with Crippen LogP contribution in [0.15, 0.2) is 48.5 Å². The molecule has 2 aromatic carbocycles. The van der Waals surface area contributed by atoms with Gasteiger partial charge in [-0.05, 0) is 62.2 Å². The lowest BCUT2D eigenvalue weighted by Crippen LogP contribution is -2.40. The average Bonchev–Trinajstić information content (AvgIpc) is 2.99. The van der Waals surface area contributed by atoms with Crippen molar-refractivity contribution < 1.29 is 22.3 Å². The van der Waals surface area contributed by atoms with Gasteiger partial charge in [-0.2, -0.15) is 0 Å². The number of amides is 1. The highest BCUT2D eigenvalue weighted by Crippen LogP contribution is 2.24. The van der Waals surface area contributed by atoms with Gasteiger partial charge in [-0.25, -0.2) is 12.8 Å². The number of hydrogen-bond donors (Lipinski definition) is 0. The Bertz CT molecular complexity index is 941. The van der Waals surface area contributed by atoms with Gasteiger partial charge in [0, 0.05) is 18.2 Å². The Morgan fingerprint density at radius 3 is 2.50 bits per heavy atom. The second-order valence-corrected chi connectivity index (χ2v) is 9.54. The first kappa shape index (κ1) is 20.3. The number of hydrogen-bond acceptors (Lipinski definition) is 4. The molecule has 0 radical (unpaired) electrons. The van der Waals surface area contributed by atoms with Crippen LogP contribution in [0.25, 0.3) is 0 Å². The van der Waals surface area contributed by atoms with E-state index >= 15 is 0 Å². The quantitative estimate of drug-likeness (QED) is 0.739. The van der Waals surface area contributed by atoms with Gasteiger partial charge in [-0.3, -0.25) is 4.79 Å². The first-order chi connectivity index (χ1) is 13.2. The Hall–Kier alpha value is -2.41. The van der Waals surface area contributed by atoms with Crippen molar-refractivity contribution in [1.82, 2.24) is 4.90 Å². The number of nitrogens with zero attached hydrogens (tertiary/aromatic N) is 1. The zero-order valence-corrected chi connectivity index (χ0v) is 16.8. The molecule has 1 amide bonds. The van der Waals surface area contributed by atoms with E-state index < -0.39 is 15.9 Å². The fourth-order valence-electron chi connectivity index (χ4n) is 3.33. The molecule has 1 aliphatic rings. The third-order valence-electron chi connectivity index (χ3n) is 4.63. The van der Waals surface area contributed by atoms with Gasteiger partial charge in [-0.1, -0.05) is 12.1 Å². The van der Waals surface area contributed by atoms with Crippen molar-refractivity contribution in [1.29, 1.82) is 0 Å². The predicted molar refractivity (Wildman–Crippen MR) is 106 cm³/mol. The minimum Gasteiger partial charge on any atom is -0.491 e. The monoisotopic (exact) mass is 405 g/mol. The van der Waals surface area contributed by atoms with Crippen molar-refractivity contribution in [3.8, 4) is 5.75 Å². The molecule has 3 rings (SSSR count). The number of carbonyl (C=O) groups is 1. The molecule has 28 heavy (non-hydrogen) atoms. The SMILES string of the molecule is CC(C)Oc1ccc(C(=O)N(Cc2cccc(F)c2)[C@@H]2CCS(=O)(=O)C2)cc1. The Kier molecular flexibility index (Phi) is 6.03. The molecule has 150 valence electrons. The standard InChI is InChI=1S/C21H24FNO4S/c1-15(2)27-20-8-6-17(7-9-20)21(24)23(19-10-11-28(25,26)14-19)13-16-4-3-5-18(22)12-16/h3-9,12,15,19H,10-11,13-14H2,1-2H3/t19-/m1/s1. The van der Waals surface area contributed by atoms with Crippen LogP contribution >= 0.6 is 0 Å². The lowest BCUT2D eigenvalue weighted by molar-refractivity contribution is 0.0680. The predicted octanol–water partition coefficient (Wildman–Crippen LogP) is 3.44. The van der Waals surface area contributed by atoms with Crippen molar-refractivity contribution in [2.24, 2.45) is 0 Å². The summed E-state index contributed by atoms with van der Waals surface area (Å²) in [6.45, 7) is 3.99. The molecule has 1 atom stereocenters. The van der Waals surface area contributed by atoms with Crippen molar-refractivity contribution in [2.45, 2.75) is 39.0 Å². The first-order valence-electron chi connectivity index (χ1n) is 9.26. The highest BCUT2D eigenvalue weighted by molar-refractivity contribution is 7.91. The summed E-state index contributed by atoms with van der Waals surface area (Å²) < 4.78 is 43.1. The van der Waals surface area contributed by atoms with Crippen LogP contribution in [-0.4, -0.2) is 42.9 Å². The lowest BCUT2D eigenvalue weighted by atomic mass is 10.1. The van der Waals surface area contributed by atoms with Crippen LogP contribution in [0.1, 0.15) is 36.2 Å². The second kappa shape index (κ2) is 8.31. The van der Waals surface area contributed by atoms with E-state index in [-0.39, 0.29) is 35.9 Å². The van der Waals surface area contributed by atoms with Gasteiger partial charge in [0.1, 0.15) is 11.6 Å². The zero-order valence-electron chi connectivity index (χ0n) is 16.0. The molecule has 0 saturated carbocycles. The van der Waals surface area contributed by atoms with E-state index in [9.17, 15) is 17.6 Å². The molecule has 1 saturated heterocycles. The summed E-state index contributed by atoms with van der Waals surface area (Å²) in [6, 6.07) is 12.4. The summed E-state index contributed by atoms with van der Waals surface area (Å²) in [4.78, 5) is 14.7. The van der Waals surface area contributed by atoms with E-state index in [1.807, 2.05) is 13.8 Å². The maximum Gasteiger partial charge on any atom is 0.254 e. The maximum absolute atomic E-state index is 13.6. The molecule has 1 fully saturated rings. The lowest BCUT2D eigenvalue weighted by Gasteiger charge is -2.28. The zero-order chi connectivity index (χ0) is 20.3. The van der Waals surface area contributed by atoms with Crippen LogP contribution in [0.4, 0.5) is 4.39 Å². The summed E-state index contributed by atoms with van der Waals surface area (Å²) >= 11 is 0. The molecule has 0 N–H and O–H groups in total. The molecule has 2 aromatic rings. The van der Waals surface area contributed by atoms with Gasteiger partial charge in [0.25, 0.3) is 5.91 Å². The minimum atomic E-state index is -3.16. The van der Waals surface area contributed by atoms with Gasteiger partial charge in [-0.15, -0.1) is 0 Å². The van der Waals surface area contributed by atoms with Crippen molar-refractivity contribution >= 4 is 15.7 Å². The molecule has 0 aromatic heterocycles. The van der Waals surface area contributed by atoms with E-state index in [1.165, 1.54) is 17.0 Å². The van der Waals surface area contributed by atoms with E-state index in [0.29, 0.717) is 23.3 Å². The van der Waals surface area contributed by atoms with Crippen LogP contribution in [0, 0.1) is 5.82 Å². The van der Waals surface area contributed by atoms with Gasteiger partial charge in [0.2, 0.25) is 0 Å². The third kappa shape index (κ3) is 5.10. The minimum absolute atomic E-state index is 0.0229. The third-order valence-corrected chi connectivity index (χ3v) is 6.38. The molecule has 0 unspecified atom stereocenters. The number of carbonyl (C=O) groups excluding carboxylic acids is 1. The summed E-state index contributed by atoms with van der Waals surface area (Å²) in [5.74, 6) is -0.0118. The van der Waals surface area contributed by atoms with Crippen LogP contribution in [-0.2, 0) is 16.4 Å². The van der Waals surface area contributed by atoms with Crippen LogP contribution < -0.4 is 4.74 Å². The molecular formula is C21H24FNO4S. The highest BCUT2D eigenvalue weighted by atomic mass is 32.2. The van der Waals surface area contributed by atoms with E-state index in [4.69, 9.17) is 4.74 Å². The van der Waals surface area contributed by atoms with Crippen molar-refractivity contribution in [2.75, 3.05) is 11.5 Å². The number of ether oxygens (including phenoxy) is 1. The number of benzene rings is 2. The maximum atomic E-state index is 13.6. The average molecular weight is 405 g/mol. The van der Waals surface area contributed by atoms with E-state index in [2.05, 4.69) is 0 Å². The first-order valence-corrected chi connectivity index (χ1v) is 11.1. The Morgan fingerprint density at radius 2 is 1.93 bits per heavy atom. The van der Waals surface area contributed by atoms with Gasteiger partial charge in [0.05, 0.1) is 17.6 Å². The smallest absolute Gasteiger partial charge is 0.254 e. The molecule has 0 bridgehead atoms. The Morgan fingerprint density at radius 1 is 1.21 bits per heavy atom. The Labute approximate surface area is 165 Å². The molecule has 0 aliphatic carbocycles. The van der Waals surface area contributed by atoms with Crippen LogP contribution in [0.5, 0.6) is 5.75 Å². The summed E-state index contributed by atoms with van der Waals surface area (Å²) in [6.07, 6.45) is 0.410. The van der Waals surface area contributed by atoms with Crippen molar-refractivity contribution in [3.63, 3.8) is 0 Å². The largest absolute Gasteiger partial charge is 0.491 e. The number of rotatable bonds is 6. The van der Waals surface area contributed by atoms with E-state index in [0.717, 1.165) is 0 Å². The summed E-state index contributed by atoms with van der Waals surface area (Å²) in [7, 11) is -3.16. The summed E-state index contributed by atoms with van der Waals surface area (Å²) in [5, 5.41) is 0. The van der Waals surface area contributed by atoms with Crippen molar-refractivity contribution in [3.05, 3.63) is 65.5 Å². The molecular weight excluding hydrogens is 381 g/mol. The highest BCUT2D eigenvalue weighted by Gasteiger charge is 2.35. The van der Waals surface area contributed by atoms with Gasteiger partial charge in [0.15, 0.2) is 9.84 Å².